The number of rotatable bonds is 8. The number of H-pyrrole nitrogens is 1. The number of aromatic nitrogens is 1. The standard InChI is InChI=1S/C22H25N3O3/c1-16(26)25(13-11-17-15-23-19-8-4-3-7-18(17)19)14-12-22(27)24-20-9-5-6-10-21(20)28-2/h3-10,15,23H,11-14H2,1-2H3,(H,24,27). The summed E-state index contributed by atoms with van der Waals surface area (Å²) in [6, 6.07) is 15.4. The number of benzene rings is 2. The van der Waals surface area contributed by atoms with Gasteiger partial charge in [0.05, 0.1) is 12.8 Å². The molecule has 0 aliphatic carbocycles. The molecule has 0 fully saturated rings. The first-order valence-corrected chi connectivity index (χ1v) is 9.32. The highest BCUT2D eigenvalue weighted by atomic mass is 16.5. The number of aromatic amines is 1. The molecule has 146 valence electrons. The fraction of sp³-hybridized carbons (Fsp3) is 0.273. The molecular formula is C22H25N3O3. The molecule has 0 atom stereocenters. The highest BCUT2D eigenvalue weighted by molar-refractivity contribution is 5.92. The molecule has 0 saturated carbocycles. The molecule has 0 unspecified atom stereocenters. The van der Waals surface area contributed by atoms with Gasteiger partial charge in [0.25, 0.3) is 0 Å². The van der Waals surface area contributed by atoms with Crippen LogP contribution in [0.5, 0.6) is 5.75 Å². The highest BCUT2D eigenvalue weighted by Crippen LogP contribution is 2.23. The van der Waals surface area contributed by atoms with Crippen molar-refractivity contribution in [3.05, 3.63) is 60.3 Å². The molecule has 0 spiro atoms. The van der Waals surface area contributed by atoms with Crippen LogP contribution in [0.4, 0.5) is 5.69 Å². The minimum atomic E-state index is -0.150. The number of carbonyl (C=O) groups is 2. The Bertz CT molecular complexity index is 964. The Balaban J connectivity index is 1.56. The van der Waals surface area contributed by atoms with E-state index in [0.29, 0.717) is 24.5 Å². The Morgan fingerprint density at radius 1 is 1.07 bits per heavy atom. The van der Waals surface area contributed by atoms with Gasteiger partial charge in [-0.1, -0.05) is 30.3 Å². The third-order valence-electron chi connectivity index (χ3n) is 4.76. The minimum Gasteiger partial charge on any atom is -0.495 e. The molecule has 0 bridgehead atoms. The topological polar surface area (TPSA) is 74.4 Å². The van der Waals surface area contributed by atoms with Crippen LogP contribution in [-0.2, 0) is 16.0 Å². The number of hydrogen-bond donors (Lipinski definition) is 2. The molecule has 3 rings (SSSR count). The molecule has 1 aromatic heterocycles. The number of nitrogens with zero attached hydrogens (tertiary/aromatic N) is 1. The summed E-state index contributed by atoms with van der Waals surface area (Å²) in [4.78, 5) is 29.3. The summed E-state index contributed by atoms with van der Waals surface area (Å²) in [5.41, 5.74) is 2.88. The van der Waals surface area contributed by atoms with Gasteiger partial charge in [0.1, 0.15) is 5.75 Å². The van der Waals surface area contributed by atoms with Crippen molar-refractivity contribution in [2.75, 3.05) is 25.5 Å². The second-order valence-electron chi connectivity index (χ2n) is 6.61. The van der Waals surface area contributed by atoms with Crippen LogP contribution in [-0.4, -0.2) is 41.9 Å². The van der Waals surface area contributed by atoms with Gasteiger partial charge in [0.2, 0.25) is 11.8 Å². The predicted molar refractivity (Wildman–Crippen MR) is 110 cm³/mol. The largest absolute Gasteiger partial charge is 0.495 e. The van der Waals surface area contributed by atoms with Crippen LogP contribution < -0.4 is 10.1 Å². The van der Waals surface area contributed by atoms with Crippen molar-refractivity contribution in [1.29, 1.82) is 0 Å². The molecule has 6 heteroatoms. The fourth-order valence-corrected chi connectivity index (χ4v) is 3.22. The quantitative estimate of drug-likeness (QED) is 0.628. The Kier molecular flexibility index (Phi) is 6.32. The molecule has 0 aliphatic heterocycles. The van der Waals surface area contributed by atoms with E-state index in [1.807, 2.05) is 36.5 Å². The third-order valence-corrected chi connectivity index (χ3v) is 4.76. The van der Waals surface area contributed by atoms with Gasteiger partial charge in [-0.3, -0.25) is 9.59 Å². The molecule has 2 aromatic carbocycles. The number of fused-ring (bicyclic) bond motifs is 1. The smallest absolute Gasteiger partial charge is 0.226 e. The number of para-hydroxylation sites is 3. The van der Waals surface area contributed by atoms with Crippen molar-refractivity contribution in [2.45, 2.75) is 19.8 Å². The van der Waals surface area contributed by atoms with E-state index >= 15 is 0 Å². The normalized spacial score (nSPS) is 10.6. The van der Waals surface area contributed by atoms with E-state index in [1.54, 1.807) is 24.1 Å². The molecule has 28 heavy (non-hydrogen) atoms. The lowest BCUT2D eigenvalue weighted by molar-refractivity contribution is -0.129. The first kappa shape index (κ1) is 19.5. The summed E-state index contributed by atoms with van der Waals surface area (Å²) in [5.74, 6) is 0.423. The molecule has 2 amide bonds. The summed E-state index contributed by atoms with van der Waals surface area (Å²) in [6.45, 7) is 2.48. The van der Waals surface area contributed by atoms with Crippen molar-refractivity contribution in [2.24, 2.45) is 0 Å². The van der Waals surface area contributed by atoms with Crippen molar-refractivity contribution in [3.8, 4) is 5.75 Å². The Labute approximate surface area is 164 Å². The molecule has 1 heterocycles. The number of anilines is 1. The van der Waals surface area contributed by atoms with Crippen LogP contribution in [0, 0.1) is 0 Å². The predicted octanol–water partition coefficient (Wildman–Crippen LogP) is 3.60. The van der Waals surface area contributed by atoms with Gasteiger partial charge in [-0.05, 0) is 30.2 Å². The average Bonchev–Trinajstić information content (AvgIpc) is 3.11. The summed E-state index contributed by atoms with van der Waals surface area (Å²) in [7, 11) is 1.56. The fourth-order valence-electron chi connectivity index (χ4n) is 3.22. The molecule has 2 N–H and O–H groups in total. The number of nitrogens with one attached hydrogen (secondary N) is 2. The number of ether oxygens (including phenoxy) is 1. The Morgan fingerprint density at radius 3 is 2.61 bits per heavy atom. The molecule has 3 aromatic rings. The second-order valence-corrected chi connectivity index (χ2v) is 6.61. The zero-order valence-corrected chi connectivity index (χ0v) is 16.2. The number of carbonyl (C=O) groups excluding carboxylic acids is 2. The first-order valence-electron chi connectivity index (χ1n) is 9.32. The second kappa shape index (κ2) is 9.08. The summed E-state index contributed by atoms with van der Waals surface area (Å²) in [6.07, 6.45) is 2.95. The van der Waals surface area contributed by atoms with Gasteiger partial charge in [0.15, 0.2) is 0 Å². The SMILES string of the molecule is COc1ccccc1NC(=O)CCN(CCc1c[nH]c2ccccc12)C(C)=O. The highest BCUT2D eigenvalue weighted by Gasteiger charge is 2.13. The Morgan fingerprint density at radius 2 is 1.82 bits per heavy atom. The average molecular weight is 379 g/mol. The van der Waals surface area contributed by atoms with Crippen molar-refractivity contribution in [1.82, 2.24) is 9.88 Å². The van der Waals surface area contributed by atoms with E-state index in [2.05, 4.69) is 16.4 Å². The molecule has 6 nitrogen and oxygen atoms in total. The van der Waals surface area contributed by atoms with E-state index in [1.165, 1.54) is 17.9 Å². The van der Waals surface area contributed by atoms with E-state index in [-0.39, 0.29) is 18.2 Å². The van der Waals surface area contributed by atoms with Crippen molar-refractivity contribution in [3.63, 3.8) is 0 Å². The van der Waals surface area contributed by atoms with Crippen LogP contribution in [0.25, 0.3) is 10.9 Å². The van der Waals surface area contributed by atoms with Crippen LogP contribution in [0.1, 0.15) is 18.9 Å². The minimum absolute atomic E-state index is 0.0371. The zero-order valence-electron chi connectivity index (χ0n) is 16.2. The number of methoxy groups -OCH3 is 1. The monoisotopic (exact) mass is 379 g/mol. The number of amides is 2. The maximum Gasteiger partial charge on any atom is 0.226 e. The maximum absolute atomic E-state index is 12.3. The van der Waals surface area contributed by atoms with E-state index < -0.39 is 0 Å². The van der Waals surface area contributed by atoms with Crippen molar-refractivity contribution >= 4 is 28.4 Å². The van der Waals surface area contributed by atoms with E-state index in [4.69, 9.17) is 4.74 Å². The first-order chi connectivity index (χ1) is 13.6. The summed E-state index contributed by atoms with van der Waals surface area (Å²) >= 11 is 0. The van der Waals surface area contributed by atoms with E-state index in [0.717, 1.165) is 11.9 Å². The van der Waals surface area contributed by atoms with Crippen LogP contribution >= 0.6 is 0 Å². The van der Waals surface area contributed by atoms with Gasteiger partial charge in [-0.25, -0.2) is 0 Å². The van der Waals surface area contributed by atoms with Crippen LogP contribution in [0.3, 0.4) is 0 Å². The lowest BCUT2D eigenvalue weighted by Crippen LogP contribution is -2.33. The molecule has 0 saturated heterocycles. The van der Waals surface area contributed by atoms with Gasteiger partial charge in [-0.15, -0.1) is 0 Å². The van der Waals surface area contributed by atoms with Gasteiger partial charge < -0.3 is 19.9 Å². The molecule has 0 radical (unpaired) electrons. The van der Waals surface area contributed by atoms with Gasteiger partial charge >= 0.3 is 0 Å². The van der Waals surface area contributed by atoms with Crippen molar-refractivity contribution < 1.29 is 14.3 Å². The maximum atomic E-state index is 12.3. The zero-order chi connectivity index (χ0) is 19.9. The Hall–Kier alpha value is -3.28. The summed E-state index contributed by atoms with van der Waals surface area (Å²) in [5, 5.41) is 4.01. The number of hydrogen-bond acceptors (Lipinski definition) is 3. The van der Waals surface area contributed by atoms with Crippen LogP contribution in [0.2, 0.25) is 0 Å². The lowest BCUT2D eigenvalue weighted by atomic mass is 10.1. The molecule has 0 aliphatic rings. The van der Waals surface area contributed by atoms with Gasteiger partial charge in [0, 0.05) is 43.5 Å². The molecular weight excluding hydrogens is 354 g/mol. The lowest BCUT2D eigenvalue weighted by Gasteiger charge is -2.21. The van der Waals surface area contributed by atoms with Gasteiger partial charge in [-0.2, -0.15) is 0 Å². The summed E-state index contributed by atoms with van der Waals surface area (Å²) < 4.78 is 5.24. The van der Waals surface area contributed by atoms with Crippen LogP contribution in [0.15, 0.2) is 54.7 Å². The third kappa shape index (κ3) is 4.71. The van der Waals surface area contributed by atoms with E-state index in [9.17, 15) is 9.59 Å².